The lowest BCUT2D eigenvalue weighted by molar-refractivity contribution is 0.0600. The summed E-state index contributed by atoms with van der Waals surface area (Å²) >= 11 is 0. The minimum Gasteiger partial charge on any atom is -0.465 e. The maximum absolute atomic E-state index is 12.4. The van der Waals surface area contributed by atoms with Crippen LogP contribution in [0.5, 0.6) is 0 Å². The summed E-state index contributed by atoms with van der Waals surface area (Å²) in [5, 5.41) is 5.86. The number of carbonyl (C=O) groups is 2. The van der Waals surface area contributed by atoms with E-state index in [9.17, 15) is 9.59 Å². The van der Waals surface area contributed by atoms with Gasteiger partial charge in [-0.05, 0) is 55.0 Å². The Balaban J connectivity index is 1.70. The predicted octanol–water partition coefficient (Wildman–Crippen LogP) is 2.64. The molecule has 0 aliphatic rings. The van der Waals surface area contributed by atoms with Crippen LogP contribution in [0.25, 0.3) is 0 Å². The molecule has 28 heavy (non-hydrogen) atoms. The van der Waals surface area contributed by atoms with Gasteiger partial charge in [0.2, 0.25) is 5.95 Å². The molecule has 8 heteroatoms. The van der Waals surface area contributed by atoms with Crippen LogP contribution in [0.15, 0.2) is 54.9 Å². The summed E-state index contributed by atoms with van der Waals surface area (Å²) in [7, 11) is 1.33. The van der Waals surface area contributed by atoms with Gasteiger partial charge in [0.05, 0.1) is 12.7 Å². The first kappa shape index (κ1) is 19.0. The molecule has 3 rings (SSSR count). The highest BCUT2D eigenvalue weighted by molar-refractivity contribution is 5.92. The van der Waals surface area contributed by atoms with E-state index in [-0.39, 0.29) is 11.6 Å². The lowest BCUT2D eigenvalue weighted by Gasteiger charge is -2.09. The van der Waals surface area contributed by atoms with Crippen LogP contribution < -0.4 is 10.6 Å². The monoisotopic (exact) mass is 377 g/mol. The maximum Gasteiger partial charge on any atom is 0.337 e. The van der Waals surface area contributed by atoms with Crippen molar-refractivity contribution in [3.8, 4) is 0 Å². The molecule has 2 N–H and O–H groups in total. The molecule has 8 nitrogen and oxygen atoms in total. The zero-order chi connectivity index (χ0) is 19.9. The Labute approximate surface area is 162 Å². The average molecular weight is 377 g/mol. The number of nitrogens with one attached hydrogen (secondary N) is 2. The van der Waals surface area contributed by atoms with Gasteiger partial charge in [0, 0.05) is 30.3 Å². The number of nitrogens with zero attached hydrogens (tertiary/aromatic N) is 3. The van der Waals surface area contributed by atoms with Crippen molar-refractivity contribution in [1.29, 1.82) is 0 Å². The number of carbonyl (C=O) groups excluding carboxylic acids is 2. The molecule has 0 aliphatic carbocycles. The van der Waals surface area contributed by atoms with Gasteiger partial charge in [-0.3, -0.25) is 9.78 Å². The van der Waals surface area contributed by atoms with Crippen LogP contribution in [-0.2, 0) is 11.3 Å². The van der Waals surface area contributed by atoms with Gasteiger partial charge in [-0.1, -0.05) is 0 Å². The number of aryl methyl sites for hydroxylation is 1. The van der Waals surface area contributed by atoms with Gasteiger partial charge < -0.3 is 15.4 Å². The van der Waals surface area contributed by atoms with Crippen molar-refractivity contribution in [3.63, 3.8) is 0 Å². The van der Waals surface area contributed by atoms with Crippen LogP contribution >= 0.6 is 0 Å². The van der Waals surface area contributed by atoms with Crippen molar-refractivity contribution in [2.45, 2.75) is 13.5 Å². The van der Waals surface area contributed by atoms with Crippen LogP contribution in [0.4, 0.5) is 11.6 Å². The van der Waals surface area contributed by atoms with Crippen molar-refractivity contribution >= 4 is 23.5 Å². The summed E-state index contributed by atoms with van der Waals surface area (Å²) < 4.78 is 4.68. The SMILES string of the molecule is COC(=O)c1ccc(Nc2nc(C)cc(C(=O)NCc3ccncc3)n2)cc1. The van der Waals surface area contributed by atoms with Crippen molar-refractivity contribution in [2.75, 3.05) is 12.4 Å². The van der Waals surface area contributed by atoms with E-state index in [4.69, 9.17) is 0 Å². The number of anilines is 2. The molecule has 0 saturated heterocycles. The highest BCUT2D eigenvalue weighted by atomic mass is 16.5. The number of methoxy groups -OCH3 is 1. The van der Waals surface area contributed by atoms with Gasteiger partial charge in [-0.25, -0.2) is 14.8 Å². The lowest BCUT2D eigenvalue weighted by Crippen LogP contribution is -2.24. The number of hydrogen-bond acceptors (Lipinski definition) is 7. The Morgan fingerprint density at radius 3 is 2.43 bits per heavy atom. The van der Waals surface area contributed by atoms with E-state index in [0.717, 1.165) is 5.56 Å². The fourth-order valence-electron chi connectivity index (χ4n) is 2.45. The highest BCUT2D eigenvalue weighted by Gasteiger charge is 2.11. The molecular weight excluding hydrogens is 358 g/mol. The van der Waals surface area contributed by atoms with E-state index >= 15 is 0 Å². The summed E-state index contributed by atoms with van der Waals surface area (Å²) in [5.41, 5.74) is 2.97. The molecule has 0 unspecified atom stereocenters. The van der Waals surface area contributed by atoms with Crippen molar-refractivity contribution in [1.82, 2.24) is 20.3 Å². The zero-order valence-electron chi connectivity index (χ0n) is 15.5. The molecule has 0 aliphatic heterocycles. The summed E-state index contributed by atoms with van der Waals surface area (Å²) in [6.07, 6.45) is 3.34. The van der Waals surface area contributed by atoms with E-state index < -0.39 is 5.97 Å². The number of amides is 1. The van der Waals surface area contributed by atoms with E-state index in [0.29, 0.717) is 29.4 Å². The predicted molar refractivity (Wildman–Crippen MR) is 103 cm³/mol. The Bertz CT molecular complexity index is 975. The smallest absolute Gasteiger partial charge is 0.337 e. The van der Waals surface area contributed by atoms with Crippen molar-refractivity contribution < 1.29 is 14.3 Å². The number of benzene rings is 1. The second-order valence-corrected chi connectivity index (χ2v) is 5.95. The fraction of sp³-hybridized carbons (Fsp3) is 0.150. The molecule has 0 bridgehead atoms. The summed E-state index contributed by atoms with van der Waals surface area (Å²) in [4.78, 5) is 36.5. The van der Waals surface area contributed by atoms with Gasteiger partial charge >= 0.3 is 5.97 Å². The number of rotatable bonds is 6. The first-order chi connectivity index (χ1) is 13.5. The minimum atomic E-state index is -0.411. The van der Waals surface area contributed by atoms with Gasteiger partial charge in [-0.2, -0.15) is 0 Å². The zero-order valence-corrected chi connectivity index (χ0v) is 15.5. The van der Waals surface area contributed by atoms with E-state index in [1.54, 1.807) is 49.6 Å². The van der Waals surface area contributed by atoms with Crippen LogP contribution in [0.3, 0.4) is 0 Å². The quantitative estimate of drug-likeness (QED) is 0.636. The largest absolute Gasteiger partial charge is 0.465 e. The van der Waals surface area contributed by atoms with E-state index in [1.807, 2.05) is 12.1 Å². The van der Waals surface area contributed by atoms with Crippen molar-refractivity contribution in [2.24, 2.45) is 0 Å². The normalized spacial score (nSPS) is 10.2. The number of pyridine rings is 1. The number of esters is 1. The molecule has 0 spiro atoms. The van der Waals surface area contributed by atoms with E-state index in [2.05, 4.69) is 30.3 Å². The molecular formula is C20H19N5O3. The number of hydrogen-bond donors (Lipinski definition) is 2. The maximum atomic E-state index is 12.4. The van der Waals surface area contributed by atoms with Crippen LogP contribution in [-0.4, -0.2) is 33.9 Å². The third kappa shape index (κ3) is 4.88. The highest BCUT2D eigenvalue weighted by Crippen LogP contribution is 2.15. The van der Waals surface area contributed by atoms with Crippen molar-refractivity contribution in [3.05, 3.63) is 77.4 Å². The summed E-state index contributed by atoms with van der Waals surface area (Å²) in [6, 6.07) is 12.0. The summed E-state index contributed by atoms with van der Waals surface area (Å²) in [6.45, 7) is 2.16. The third-order valence-electron chi connectivity index (χ3n) is 3.85. The Kier molecular flexibility index (Phi) is 5.91. The molecule has 1 amide bonds. The van der Waals surface area contributed by atoms with Gasteiger partial charge in [0.1, 0.15) is 5.69 Å². The average Bonchev–Trinajstić information content (AvgIpc) is 2.72. The molecule has 0 fully saturated rings. The molecule has 0 saturated carbocycles. The minimum absolute atomic E-state index is 0.259. The standard InChI is InChI=1S/C20H19N5O3/c1-13-11-17(18(26)22-12-14-7-9-21-10-8-14)25-20(23-13)24-16-5-3-15(4-6-16)19(27)28-2/h3-11H,12H2,1-2H3,(H,22,26)(H,23,24,25). The molecule has 2 aromatic heterocycles. The molecule has 2 heterocycles. The molecule has 0 atom stereocenters. The van der Waals surface area contributed by atoms with Gasteiger partial charge in [0.25, 0.3) is 5.91 Å². The molecule has 0 radical (unpaired) electrons. The first-order valence-electron chi connectivity index (χ1n) is 8.53. The Morgan fingerprint density at radius 2 is 1.75 bits per heavy atom. The second kappa shape index (κ2) is 8.72. The molecule has 1 aromatic carbocycles. The number of ether oxygens (including phenoxy) is 1. The number of aromatic nitrogens is 3. The van der Waals surface area contributed by atoms with Crippen LogP contribution in [0, 0.1) is 6.92 Å². The fourth-order valence-corrected chi connectivity index (χ4v) is 2.45. The molecule has 142 valence electrons. The first-order valence-corrected chi connectivity index (χ1v) is 8.53. The second-order valence-electron chi connectivity index (χ2n) is 5.95. The third-order valence-corrected chi connectivity index (χ3v) is 3.85. The molecule has 3 aromatic rings. The van der Waals surface area contributed by atoms with Gasteiger partial charge in [-0.15, -0.1) is 0 Å². The Hall–Kier alpha value is -3.81. The topological polar surface area (TPSA) is 106 Å². The lowest BCUT2D eigenvalue weighted by atomic mass is 10.2. The van der Waals surface area contributed by atoms with Crippen LogP contribution in [0.1, 0.15) is 32.1 Å². The Morgan fingerprint density at radius 1 is 1.04 bits per heavy atom. The summed E-state index contributed by atoms with van der Waals surface area (Å²) in [5.74, 6) is -0.419. The van der Waals surface area contributed by atoms with E-state index in [1.165, 1.54) is 7.11 Å². The van der Waals surface area contributed by atoms with Gasteiger partial charge in [0.15, 0.2) is 0 Å². The van der Waals surface area contributed by atoms with Crippen LogP contribution in [0.2, 0.25) is 0 Å².